The largest absolute Gasteiger partial charge is 0.494 e. The summed E-state index contributed by atoms with van der Waals surface area (Å²) in [5, 5.41) is 2.99. The van der Waals surface area contributed by atoms with Crippen LogP contribution in [0.15, 0.2) is 48.5 Å². The minimum absolute atomic E-state index is 0.0160. The molecule has 0 unspecified atom stereocenters. The average Bonchev–Trinajstić information content (AvgIpc) is 2.51. The van der Waals surface area contributed by atoms with Crippen LogP contribution < -0.4 is 10.1 Å². The molecule has 0 spiro atoms. The molecule has 2 aromatic rings. The van der Waals surface area contributed by atoms with Crippen LogP contribution in [-0.2, 0) is 11.2 Å². The molecule has 0 atom stereocenters. The van der Waals surface area contributed by atoms with Gasteiger partial charge in [-0.1, -0.05) is 43.7 Å². The Labute approximate surface area is 138 Å². The minimum atomic E-state index is -0.478. The Balaban J connectivity index is 2.01. The fraction of sp³-hybridized carbons (Fsp3) is 0.350. The lowest BCUT2D eigenvalue weighted by molar-refractivity contribution is -0.123. The van der Waals surface area contributed by atoms with Crippen LogP contribution in [0.5, 0.6) is 5.75 Å². The molecule has 0 aliphatic rings. The van der Waals surface area contributed by atoms with Crippen LogP contribution in [0.1, 0.15) is 31.9 Å². The molecule has 0 radical (unpaired) electrons. The van der Waals surface area contributed by atoms with Crippen molar-refractivity contribution in [2.75, 3.05) is 11.9 Å². The molecule has 0 saturated carbocycles. The minimum Gasteiger partial charge on any atom is -0.494 e. The lowest BCUT2D eigenvalue weighted by Gasteiger charge is -2.24. The van der Waals surface area contributed by atoms with E-state index in [-0.39, 0.29) is 5.91 Å². The van der Waals surface area contributed by atoms with Crippen molar-refractivity contribution >= 4 is 11.6 Å². The average molecular weight is 311 g/mol. The third-order valence-electron chi connectivity index (χ3n) is 3.80. The van der Waals surface area contributed by atoms with Gasteiger partial charge in [0.25, 0.3) is 0 Å². The zero-order valence-electron chi connectivity index (χ0n) is 14.3. The van der Waals surface area contributed by atoms with Crippen LogP contribution in [-0.4, -0.2) is 12.5 Å². The van der Waals surface area contributed by atoms with Gasteiger partial charge < -0.3 is 10.1 Å². The monoisotopic (exact) mass is 311 g/mol. The normalized spacial score (nSPS) is 11.1. The fourth-order valence-corrected chi connectivity index (χ4v) is 2.40. The van der Waals surface area contributed by atoms with Crippen LogP contribution in [0.25, 0.3) is 0 Å². The van der Waals surface area contributed by atoms with Crippen LogP contribution in [0.2, 0.25) is 0 Å². The van der Waals surface area contributed by atoms with Gasteiger partial charge in [0.05, 0.1) is 6.61 Å². The molecular weight excluding hydrogens is 286 g/mol. The smallest absolute Gasteiger partial charge is 0.230 e. The number of aryl methyl sites for hydroxylation is 1. The summed E-state index contributed by atoms with van der Waals surface area (Å²) in [6.07, 6.45) is 0.705. The molecule has 3 heteroatoms. The van der Waals surface area contributed by atoms with Crippen LogP contribution >= 0.6 is 0 Å². The van der Waals surface area contributed by atoms with Gasteiger partial charge in [-0.25, -0.2) is 0 Å². The fourth-order valence-electron chi connectivity index (χ4n) is 2.40. The van der Waals surface area contributed by atoms with Gasteiger partial charge in [-0.2, -0.15) is 0 Å². The standard InChI is InChI=1S/C20H25NO2/c1-5-23-18-12-10-17(11-13-18)21-19(22)20(3,4)14-16-8-6-15(2)7-9-16/h6-13H,5,14H2,1-4H3,(H,21,22). The number of benzene rings is 2. The van der Waals surface area contributed by atoms with Gasteiger partial charge in [0, 0.05) is 11.1 Å². The Bertz CT molecular complexity index is 642. The van der Waals surface area contributed by atoms with Crippen molar-refractivity contribution in [3.63, 3.8) is 0 Å². The molecule has 0 bridgehead atoms. The van der Waals surface area contributed by atoms with Gasteiger partial charge in [0.15, 0.2) is 0 Å². The van der Waals surface area contributed by atoms with Gasteiger partial charge in [-0.3, -0.25) is 4.79 Å². The summed E-state index contributed by atoms with van der Waals surface area (Å²) in [5.41, 5.74) is 2.71. The van der Waals surface area contributed by atoms with E-state index in [9.17, 15) is 4.79 Å². The maximum atomic E-state index is 12.6. The van der Waals surface area contributed by atoms with Crippen molar-refractivity contribution in [2.24, 2.45) is 5.41 Å². The van der Waals surface area contributed by atoms with Crippen LogP contribution in [0, 0.1) is 12.3 Å². The Morgan fingerprint density at radius 2 is 1.65 bits per heavy atom. The Kier molecular flexibility index (Phi) is 5.43. The van der Waals surface area contributed by atoms with E-state index in [1.807, 2.05) is 45.0 Å². The Morgan fingerprint density at radius 3 is 2.22 bits per heavy atom. The number of hydrogen-bond donors (Lipinski definition) is 1. The van der Waals surface area contributed by atoms with E-state index in [2.05, 4.69) is 36.5 Å². The molecule has 0 saturated heterocycles. The third-order valence-corrected chi connectivity index (χ3v) is 3.80. The van der Waals surface area contributed by atoms with Gasteiger partial charge in [-0.05, 0) is 50.1 Å². The van der Waals surface area contributed by atoms with Crippen LogP contribution in [0.4, 0.5) is 5.69 Å². The van der Waals surface area contributed by atoms with E-state index in [1.165, 1.54) is 11.1 Å². The predicted octanol–water partition coefficient (Wildman–Crippen LogP) is 4.60. The maximum absolute atomic E-state index is 12.6. The Hall–Kier alpha value is -2.29. The highest BCUT2D eigenvalue weighted by atomic mass is 16.5. The SMILES string of the molecule is CCOc1ccc(NC(=O)C(C)(C)Cc2ccc(C)cc2)cc1. The molecule has 3 nitrogen and oxygen atoms in total. The van der Waals surface area contributed by atoms with Crippen molar-refractivity contribution in [3.8, 4) is 5.75 Å². The predicted molar refractivity (Wildman–Crippen MR) is 94.9 cm³/mol. The highest BCUT2D eigenvalue weighted by molar-refractivity contribution is 5.95. The second-order valence-corrected chi connectivity index (χ2v) is 6.46. The second kappa shape index (κ2) is 7.32. The first-order chi connectivity index (χ1) is 10.9. The summed E-state index contributed by atoms with van der Waals surface area (Å²) in [4.78, 5) is 12.6. The molecule has 0 heterocycles. The van der Waals surface area contributed by atoms with Gasteiger partial charge >= 0.3 is 0 Å². The first kappa shape index (κ1) is 17.1. The number of amides is 1. The lowest BCUT2D eigenvalue weighted by atomic mass is 9.84. The number of hydrogen-bond acceptors (Lipinski definition) is 2. The van der Waals surface area contributed by atoms with Crippen molar-refractivity contribution in [2.45, 2.75) is 34.1 Å². The molecule has 1 N–H and O–H groups in total. The number of ether oxygens (including phenoxy) is 1. The highest BCUT2D eigenvalue weighted by Crippen LogP contribution is 2.25. The van der Waals surface area contributed by atoms with E-state index in [0.29, 0.717) is 13.0 Å². The van der Waals surface area contributed by atoms with E-state index in [4.69, 9.17) is 4.74 Å². The number of anilines is 1. The molecule has 2 aromatic carbocycles. The summed E-state index contributed by atoms with van der Waals surface area (Å²) in [6.45, 7) is 8.58. The topological polar surface area (TPSA) is 38.3 Å². The first-order valence-electron chi connectivity index (χ1n) is 8.00. The number of rotatable bonds is 6. The van der Waals surface area contributed by atoms with Crippen molar-refractivity contribution in [1.29, 1.82) is 0 Å². The van der Waals surface area contributed by atoms with E-state index in [1.54, 1.807) is 0 Å². The number of carbonyl (C=O) groups is 1. The second-order valence-electron chi connectivity index (χ2n) is 6.46. The van der Waals surface area contributed by atoms with Crippen LogP contribution in [0.3, 0.4) is 0 Å². The molecule has 0 aliphatic carbocycles. The highest BCUT2D eigenvalue weighted by Gasteiger charge is 2.28. The van der Waals surface area contributed by atoms with E-state index >= 15 is 0 Å². The first-order valence-corrected chi connectivity index (χ1v) is 8.00. The molecule has 0 aliphatic heterocycles. The summed E-state index contributed by atoms with van der Waals surface area (Å²) < 4.78 is 5.41. The van der Waals surface area contributed by atoms with E-state index in [0.717, 1.165) is 11.4 Å². The zero-order chi connectivity index (χ0) is 16.9. The van der Waals surface area contributed by atoms with E-state index < -0.39 is 5.41 Å². The zero-order valence-corrected chi connectivity index (χ0v) is 14.3. The molecule has 1 amide bonds. The number of nitrogens with one attached hydrogen (secondary N) is 1. The Morgan fingerprint density at radius 1 is 1.04 bits per heavy atom. The summed E-state index contributed by atoms with van der Waals surface area (Å²) >= 11 is 0. The third kappa shape index (κ3) is 4.85. The molecule has 23 heavy (non-hydrogen) atoms. The van der Waals surface area contributed by atoms with Gasteiger partial charge in [0.1, 0.15) is 5.75 Å². The summed E-state index contributed by atoms with van der Waals surface area (Å²) in [5.74, 6) is 0.826. The quantitative estimate of drug-likeness (QED) is 0.846. The molecule has 2 rings (SSSR count). The number of carbonyl (C=O) groups excluding carboxylic acids is 1. The molecule has 0 fully saturated rings. The van der Waals surface area contributed by atoms with Crippen molar-refractivity contribution in [3.05, 3.63) is 59.7 Å². The molecular formula is C20H25NO2. The van der Waals surface area contributed by atoms with Crippen molar-refractivity contribution in [1.82, 2.24) is 0 Å². The molecule has 0 aromatic heterocycles. The summed E-state index contributed by atoms with van der Waals surface area (Å²) in [6, 6.07) is 15.8. The summed E-state index contributed by atoms with van der Waals surface area (Å²) in [7, 11) is 0. The van der Waals surface area contributed by atoms with Crippen molar-refractivity contribution < 1.29 is 9.53 Å². The molecule has 122 valence electrons. The van der Waals surface area contributed by atoms with Gasteiger partial charge in [-0.15, -0.1) is 0 Å². The van der Waals surface area contributed by atoms with Gasteiger partial charge in [0.2, 0.25) is 5.91 Å². The maximum Gasteiger partial charge on any atom is 0.230 e. The lowest BCUT2D eigenvalue weighted by Crippen LogP contribution is -2.32.